The fourth-order valence-corrected chi connectivity index (χ4v) is 2.91. The number of aromatic nitrogens is 2. The van der Waals surface area contributed by atoms with Crippen molar-refractivity contribution in [1.82, 2.24) is 9.97 Å². The van der Waals surface area contributed by atoms with Crippen LogP contribution in [-0.2, 0) is 0 Å². The molecule has 21 heavy (non-hydrogen) atoms. The molecule has 0 aliphatic rings. The quantitative estimate of drug-likeness (QED) is 0.590. The van der Waals surface area contributed by atoms with Crippen molar-refractivity contribution in [1.29, 1.82) is 0 Å². The minimum atomic E-state index is -0.269. The lowest BCUT2D eigenvalue weighted by atomic mass is 10.1. The van der Waals surface area contributed by atoms with Crippen LogP contribution in [0.25, 0.3) is 22.3 Å². The van der Waals surface area contributed by atoms with Gasteiger partial charge in [0.2, 0.25) is 0 Å². The zero-order chi connectivity index (χ0) is 15.1. The van der Waals surface area contributed by atoms with Crippen LogP contribution < -0.4 is 0 Å². The summed E-state index contributed by atoms with van der Waals surface area (Å²) < 4.78 is 13.2. The standard InChI is InChI=1S/C17H14ClFN2/c1-9-6-11(3)15-14(7-9)20-17(21-16(15)18)13-5-4-12(19)8-10(13)2/h4-8H,1-3H3. The van der Waals surface area contributed by atoms with Crippen LogP contribution in [0.5, 0.6) is 0 Å². The maximum absolute atomic E-state index is 13.2. The van der Waals surface area contributed by atoms with Gasteiger partial charge < -0.3 is 0 Å². The van der Waals surface area contributed by atoms with Crippen LogP contribution >= 0.6 is 11.6 Å². The van der Waals surface area contributed by atoms with Gasteiger partial charge in [0.1, 0.15) is 11.0 Å². The molecule has 0 saturated heterocycles. The van der Waals surface area contributed by atoms with Crippen LogP contribution in [0.1, 0.15) is 16.7 Å². The van der Waals surface area contributed by atoms with E-state index in [0.29, 0.717) is 11.0 Å². The second-order valence-corrected chi connectivity index (χ2v) is 5.63. The lowest BCUT2D eigenvalue weighted by molar-refractivity contribution is 0.627. The largest absolute Gasteiger partial charge is 0.228 e. The SMILES string of the molecule is Cc1cc(C)c2c(Cl)nc(-c3ccc(F)cc3C)nc2c1. The monoisotopic (exact) mass is 300 g/mol. The van der Waals surface area contributed by atoms with E-state index in [0.717, 1.165) is 33.2 Å². The number of hydrogen-bond acceptors (Lipinski definition) is 2. The van der Waals surface area contributed by atoms with Gasteiger partial charge in [-0.2, -0.15) is 0 Å². The molecule has 0 aliphatic carbocycles. The second-order valence-electron chi connectivity index (χ2n) is 5.27. The molecular weight excluding hydrogens is 287 g/mol. The summed E-state index contributed by atoms with van der Waals surface area (Å²) in [6.45, 7) is 5.85. The molecule has 0 atom stereocenters. The lowest BCUT2D eigenvalue weighted by Crippen LogP contribution is -1.96. The van der Waals surface area contributed by atoms with Crippen LogP contribution in [-0.4, -0.2) is 9.97 Å². The van der Waals surface area contributed by atoms with Crippen LogP contribution in [0, 0.1) is 26.6 Å². The molecule has 0 spiro atoms. The maximum atomic E-state index is 13.2. The van der Waals surface area contributed by atoms with Crippen LogP contribution in [0.2, 0.25) is 5.15 Å². The van der Waals surface area contributed by atoms with E-state index < -0.39 is 0 Å². The third-order valence-electron chi connectivity index (χ3n) is 3.53. The van der Waals surface area contributed by atoms with Gasteiger partial charge in [-0.1, -0.05) is 17.7 Å². The fourth-order valence-electron chi connectivity index (χ4n) is 2.59. The van der Waals surface area contributed by atoms with E-state index in [4.69, 9.17) is 11.6 Å². The Morgan fingerprint density at radius 2 is 1.71 bits per heavy atom. The Kier molecular flexibility index (Phi) is 3.38. The Balaban J connectivity index is 2.30. The summed E-state index contributed by atoms with van der Waals surface area (Å²) in [5.41, 5.74) is 4.56. The Bertz CT molecular complexity index is 859. The van der Waals surface area contributed by atoms with Crippen molar-refractivity contribution in [3.05, 3.63) is 58.0 Å². The van der Waals surface area contributed by atoms with Crippen LogP contribution in [0.15, 0.2) is 30.3 Å². The molecule has 1 heterocycles. The second kappa shape index (κ2) is 5.08. The molecule has 0 amide bonds. The van der Waals surface area contributed by atoms with E-state index in [1.165, 1.54) is 12.1 Å². The number of nitrogens with zero attached hydrogens (tertiary/aromatic N) is 2. The average Bonchev–Trinajstić information content (AvgIpc) is 2.36. The Morgan fingerprint density at radius 1 is 0.952 bits per heavy atom. The van der Waals surface area contributed by atoms with Gasteiger partial charge in [0.15, 0.2) is 5.82 Å². The Hall–Kier alpha value is -2.00. The van der Waals surface area contributed by atoms with Gasteiger partial charge in [-0.05, 0) is 61.7 Å². The molecule has 0 unspecified atom stereocenters. The first-order chi connectivity index (χ1) is 9.95. The molecule has 0 bridgehead atoms. The molecule has 0 radical (unpaired) electrons. The normalized spacial score (nSPS) is 11.1. The van der Waals surface area contributed by atoms with Crippen molar-refractivity contribution >= 4 is 22.5 Å². The number of fused-ring (bicyclic) bond motifs is 1. The molecule has 2 nitrogen and oxygen atoms in total. The highest BCUT2D eigenvalue weighted by Gasteiger charge is 2.12. The van der Waals surface area contributed by atoms with Gasteiger partial charge >= 0.3 is 0 Å². The highest BCUT2D eigenvalue weighted by molar-refractivity contribution is 6.34. The van der Waals surface area contributed by atoms with Crippen LogP contribution in [0.3, 0.4) is 0 Å². The van der Waals surface area contributed by atoms with Gasteiger partial charge in [-0.15, -0.1) is 0 Å². The van der Waals surface area contributed by atoms with Crippen LogP contribution in [0.4, 0.5) is 4.39 Å². The summed E-state index contributed by atoms with van der Waals surface area (Å²) in [7, 11) is 0. The number of hydrogen-bond donors (Lipinski definition) is 0. The van der Waals surface area contributed by atoms with Gasteiger partial charge in [0, 0.05) is 10.9 Å². The van der Waals surface area contributed by atoms with Crippen molar-refractivity contribution in [2.75, 3.05) is 0 Å². The smallest absolute Gasteiger partial charge is 0.161 e. The van der Waals surface area contributed by atoms with Gasteiger partial charge in [-0.25, -0.2) is 14.4 Å². The number of aryl methyl sites for hydroxylation is 3. The first-order valence-electron chi connectivity index (χ1n) is 6.67. The van der Waals surface area contributed by atoms with E-state index >= 15 is 0 Å². The third-order valence-corrected chi connectivity index (χ3v) is 3.80. The fraction of sp³-hybridized carbons (Fsp3) is 0.176. The van der Waals surface area contributed by atoms with Gasteiger partial charge in [0.05, 0.1) is 5.52 Å². The molecule has 2 aromatic carbocycles. The summed E-state index contributed by atoms with van der Waals surface area (Å²) in [4.78, 5) is 8.98. The molecule has 3 rings (SSSR count). The van der Waals surface area contributed by atoms with E-state index in [2.05, 4.69) is 16.0 Å². The van der Waals surface area contributed by atoms with E-state index in [9.17, 15) is 4.39 Å². The molecule has 4 heteroatoms. The minimum absolute atomic E-state index is 0.269. The molecule has 1 aromatic heterocycles. The maximum Gasteiger partial charge on any atom is 0.161 e. The van der Waals surface area contributed by atoms with Gasteiger partial charge in [0.25, 0.3) is 0 Å². The molecule has 106 valence electrons. The zero-order valence-electron chi connectivity index (χ0n) is 12.0. The molecule has 3 aromatic rings. The molecule has 0 saturated carbocycles. The molecular formula is C17H14ClFN2. The summed E-state index contributed by atoms with van der Waals surface area (Å²) in [5, 5.41) is 1.29. The zero-order valence-corrected chi connectivity index (χ0v) is 12.8. The van der Waals surface area contributed by atoms with Gasteiger partial charge in [-0.3, -0.25) is 0 Å². The highest BCUT2D eigenvalue weighted by atomic mass is 35.5. The van der Waals surface area contributed by atoms with Crippen molar-refractivity contribution in [3.63, 3.8) is 0 Å². The summed E-state index contributed by atoms with van der Waals surface area (Å²) in [5.74, 6) is 0.254. The predicted octanol–water partition coefficient (Wildman–Crippen LogP) is 5.01. The first-order valence-corrected chi connectivity index (χ1v) is 7.04. The molecule has 0 fully saturated rings. The summed E-state index contributed by atoms with van der Waals surface area (Å²) >= 11 is 6.33. The Labute approximate surface area is 127 Å². The minimum Gasteiger partial charge on any atom is -0.228 e. The lowest BCUT2D eigenvalue weighted by Gasteiger charge is -2.09. The number of halogens is 2. The van der Waals surface area contributed by atoms with Crippen molar-refractivity contribution in [2.45, 2.75) is 20.8 Å². The molecule has 0 N–H and O–H groups in total. The van der Waals surface area contributed by atoms with Crippen molar-refractivity contribution in [2.24, 2.45) is 0 Å². The van der Waals surface area contributed by atoms with Crippen molar-refractivity contribution in [3.8, 4) is 11.4 Å². The molecule has 0 aliphatic heterocycles. The third kappa shape index (κ3) is 2.49. The van der Waals surface area contributed by atoms with E-state index in [1.54, 1.807) is 6.07 Å². The van der Waals surface area contributed by atoms with E-state index in [1.807, 2.05) is 26.8 Å². The topological polar surface area (TPSA) is 25.8 Å². The first kappa shape index (κ1) is 14.0. The summed E-state index contributed by atoms with van der Waals surface area (Å²) in [6.07, 6.45) is 0. The van der Waals surface area contributed by atoms with Crippen molar-refractivity contribution < 1.29 is 4.39 Å². The predicted molar refractivity (Wildman–Crippen MR) is 84.2 cm³/mol. The number of rotatable bonds is 1. The highest BCUT2D eigenvalue weighted by Crippen LogP contribution is 2.29. The van der Waals surface area contributed by atoms with E-state index in [-0.39, 0.29) is 5.82 Å². The average molecular weight is 301 g/mol. The number of benzene rings is 2. The Morgan fingerprint density at radius 3 is 2.43 bits per heavy atom. The summed E-state index contributed by atoms with van der Waals surface area (Å²) in [6, 6.07) is 8.60.